The van der Waals surface area contributed by atoms with Crippen molar-refractivity contribution in [3.05, 3.63) is 54.6 Å². The summed E-state index contributed by atoms with van der Waals surface area (Å²) in [5, 5.41) is 13.1. The Hall–Kier alpha value is -2.44. The monoisotopic (exact) mass is 353 g/mol. The molecule has 0 aliphatic heterocycles. The number of amides is 1. The van der Waals surface area contributed by atoms with Gasteiger partial charge in [0.25, 0.3) is 0 Å². The topological polar surface area (TPSA) is 75.1 Å². The lowest BCUT2D eigenvalue weighted by Crippen LogP contribution is -2.26. The molecule has 0 fully saturated rings. The predicted octanol–water partition coefficient (Wildman–Crippen LogP) is 2.89. The SMILES string of the molecule is O=C(CSc1nc(-c2ccccc2)c2ccccc2n1)NCCCO. The molecule has 25 heavy (non-hydrogen) atoms. The summed E-state index contributed by atoms with van der Waals surface area (Å²) < 4.78 is 0. The quantitative estimate of drug-likeness (QED) is 0.388. The molecule has 0 spiro atoms. The van der Waals surface area contributed by atoms with E-state index in [2.05, 4.69) is 15.3 Å². The van der Waals surface area contributed by atoms with Crippen molar-refractivity contribution >= 4 is 28.6 Å². The first-order valence-electron chi connectivity index (χ1n) is 8.10. The van der Waals surface area contributed by atoms with Crippen molar-refractivity contribution in [2.75, 3.05) is 18.9 Å². The molecule has 0 aliphatic rings. The molecule has 5 nitrogen and oxygen atoms in total. The molecule has 0 bridgehead atoms. The molecule has 1 amide bonds. The maximum Gasteiger partial charge on any atom is 0.230 e. The molecule has 0 saturated carbocycles. The van der Waals surface area contributed by atoms with E-state index in [0.717, 1.165) is 22.2 Å². The number of nitrogens with zero attached hydrogens (tertiary/aromatic N) is 2. The molecule has 0 aliphatic carbocycles. The molecule has 0 unspecified atom stereocenters. The van der Waals surface area contributed by atoms with Gasteiger partial charge in [0.05, 0.1) is 17.0 Å². The zero-order valence-corrected chi connectivity index (χ0v) is 14.5. The highest BCUT2D eigenvalue weighted by atomic mass is 32.2. The summed E-state index contributed by atoms with van der Waals surface area (Å²) in [5.74, 6) is 0.161. The van der Waals surface area contributed by atoms with Crippen molar-refractivity contribution in [1.82, 2.24) is 15.3 Å². The van der Waals surface area contributed by atoms with Crippen LogP contribution in [0.25, 0.3) is 22.2 Å². The fourth-order valence-electron chi connectivity index (χ4n) is 2.42. The average molecular weight is 353 g/mol. The lowest BCUT2D eigenvalue weighted by Gasteiger charge is -2.09. The number of aromatic nitrogens is 2. The molecule has 3 rings (SSSR count). The number of fused-ring (bicyclic) bond motifs is 1. The van der Waals surface area contributed by atoms with E-state index in [9.17, 15) is 4.79 Å². The van der Waals surface area contributed by atoms with Crippen LogP contribution in [-0.4, -0.2) is 39.9 Å². The van der Waals surface area contributed by atoms with Gasteiger partial charge in [-0.15, -0.1) is 0 Å². The number of nitrogens with one attached hydrogen (secondary N) is 1. The van der Waals surface area contributed by atoms with E-state index >= 15 is 0 Å². The maximum atomic E-state index is 11.8. The van der Waals surface area contributed by atoms with Crippen LogP contribution in [0.1, 0.15) is 6.42 Å². The summed E-state index contributed by atoms with van der Waals surface area (Å²) in [5.41, 5.74) is 2.75. The summed E-state index contributed by atoms with van der Waals surface area (Å²) in [4.78, 5) is 21.1. The molecule has 2 aromatic carbocycles. The fourth-order valence-corrected chi connectivity index (χ4v) is 3.10. The Balaban J connectivity index is 1.83. The number of aliphatic hydroxyl groups is 1. The largest absolute Gasteiger partial charge is 0.396 e. The first-order chi connectivity index (χ1) is 12.3. The van der Waals surface area contributed by atoms with E-state index in [1.165, 1.54) is 11.8 Å². The Labute approximate surface area is 150 Å². The predicted molar refractivity (Wildman–Crippen MR) is 100 cm³/mol. The normalized spacial score (nSPS) is 10.8. The molecule has 0 atom stereocenters. The van der Waals surface area contributed by atoms with Crippen molar-refractivity contribution in [1.29, 1.82) is 0 Å². The molecular formula is C19H19N3O2S. The number of para-hydroxylation sites is 1. The smallest absolute Gasteiger partial charge is 0.230 e. The standard InChI is InChI=1S/C19H19N3O2S/c23-12-6-11-20-17(24)13-25-19-21-16-10-5-4-9-15(16)18(22-19)14-7-2-1-3-8-14/h1-5,7-10,23H,6,11-13H2,(H,20,24). The van der Waals surface area contributed by atoms with Gasteiger partial charge in [0, 0.05) is 24.1 Å². The number of aliphatic hydroxyl groups excluding tert-OH is 1. The minimum atomic E-state index is -0.0866. The first-order valence-corrected chi connectivity index (χ1v) is 9.09. The highest BCUT2D eigenvalue weighted by Crippen LogP contribution is 2.28. The van der Waals surface area contributed by atoms with Crippen LogP contribution in [0.3, 0.4) is 0 Å². The lowest BCUT2D eigenvalue weighted by atomic mass is 10.1. The molecule has 0 radical (unpaired) electrons. The Kier molecular flexibility index (Phi) is 5.98. The minimum absolute atomic E-state index is 0.0711. The van der Waals surface area contributed by atoms with Crippen LogP contribution in [0.5, 0.6) is 0 Å². The maximum absolute atomic E-state index is 11.8. The highest BCUT2D eigenvalue weighted by molar-refractivity contribution is 7.99. The minimum Gasteiger partial charge on any atom is -0.396 e. The summed E-state index contributed by atoms with van der Waals surface area (Å²) in [6, 6.07) is 17.8. The van der Waals surface area contributed by atoms with Gasteiger partial charge in [-0.25, -0.2) is 9.97 Å². The van der Waals surface area contributed by atoms with Crippen LogP contribution in [-0.2, 0) is 4.79 Å². The van der Waals surface area contributed by atoms with Gasteiger partial charge in [-0.1, -0.05) is 60.3 Å². The summed E-state index contributed by atoms with van der Waals surface area (Å²) in [7, 11) is 0. The van der Waals surface area contributed by atoms with Gasteiger partial charge in [0.1, 0.15) is 0 Å². The van der Waals surface area contributed by atoms with Crippen LogP contribution in [0, 0.1) is 0 Å². The van der Waals surface area contributed by atoms with Crippen molar-refractivity contribution in [3.63, 3.8) is 0 Å². The number of carbonyl (C=O) groups is 1. The summed E-state index contributed by atoms with van der Waals surface area (Å²) >= 11 is 1.31. The van der Waals surface area contributed by atoms with Gasteiger partial charge < -0.3 is 10.4 Å². The van der Waals surface area contributed by atoms with E-state index < -0.39 is 0 Å². The second-order valence-corrected chi connectivity index (χ2v) is 6.40. The van der Waals surface area contributed by atoms with Gasteiger partial charge in [-0.3, -0.25) is 4.79 Å². The third kappa shape index (κ3) is 4.55. The number of rotatable bonds is 7. The molecular weight excluding hydrogens is 334 g/mol. The Morgan fingerprint density at radius 3 is 2.60 bits per heavy atom. The van der Waals surface area contributed by atoms with Crippen molar-refractivity contribution in [2.45, 2.75) is 11.6 Å². The van der Waals surface area contributed by atoms with Crippen LogP contribution in [0.2, 0.25) is 0 Å². The van der Waals surface area contributed by atoms with Gasteiger partial charge in [-0.2, -0.15) is 0 Å². The Morgan fingerprint density at radius 2 is 1.80 bits per heavy atom. The molecule has 6 heteroatoms. The summed E-state index contributed by atoms with van der Waals surface area (Å²) in [6.07, 6.45) is 0.557. The van der Waals surface area contributed by atoms with Crippen molar-refractivity contribution < 1.29 is 9.90 Å². The molecule has 3 aromatic rings. The second kappa shape index (κ2) is 8.60. The molecule has 1 heterocycles. The molecule has 128 valence electrons. The zero-order chi connectivity index (χ0) is 17.5. The van der Waals surface area contributed by atoms with Crippen LogP contribution >= 0.6 is 11.8 Å². The zero-order valence-electron chi connectivity index (χ0n) is 13.7. The van der Waals surface area contributed by atoms with Gasteiger partial charge >= 0.3 is 0 Å². The molecule has 1 aromatic heterocycles. The van der Waals surface area contributed by atoms with Gasteiger partial charge in [0.15, 0.2) is 5.16 Å². The fraction of sp³-hybridized carbons (Fsp3) is 0.211. The first kappa shape index (κ1) is 17.4. The third-order valence-corrected chi connectivity index (χ3v) is 4.47. The van der Waals surface area contributed by atoms with E-state index in [0.29, 0.717) is 18.1 Å². The Bertz CT molecular complexity index is 856. The number of thioether (sulfide) groups is 1. The van der Waals surface area contributed by atoms with Crippen molar-refractivity contribution in [3.8, 4) is 11.3 Å². The average Bonchev–Trinajstić information content (AvgIpc) is 2.66. The number of carbonyl (C=O) groups excluding carboxylic acids is 1. The van der Waals surface area contributed by atoms with E-state index in [1.807, 2.05) is 54.6 Å². The number of hydrogen-bond acceptors (Lipinski definition) is 5. The second-order valence-electron chi connectivity index (χ2n) is 5.45. The van der Waals surface area contributed by atoms with Crippen molar-refractivity contribution in [2.24, 2.45) is 0 Å². The van der Waals surface area contributed by atoms with Gasteiger partial charge in [0.2, 0.25) is 5.91 Å². The Morgan fingerprint density at radius 1 is 1.04 bits per heavy atom. The van der Waals surface area contributed by atoms with Crippen LogP contribution in [0.15, 0.2) is 59.8 Å². The van der Waals surface area contributed by atoms with Crippen LogP contribution in [0.4, 0.5) is 0 Å². The summed E-state index contributed by atoms with van der Waals surface area (Å²) in [6.45, 7) is 0.547. The number of hydrogen-bond donors (Lipinski definition) is 2. The van der Waals surface area contributed by atoms with Gasteiger partial charge in [-0.05, 0) is 12.5 Å². The van der Waals surface area contributed by atoms with Crippen LogP contribution < -0.4 is 5.32 Å². The van der Waals surface area contributed by atoms with E-state index in [-0.39, 0.29) is 18.3 Å². The third-order valence-electron chi connectivity index (χ3n) is 3.62. The van der Waals surface area contributed by atoms with E-state index in [1.54, 1.807) is 0 Å². The lowest BCUT2D eigenvalue weighted by molar-refractivity contribution is -0.118. The van der Waals surface area contributed by atoms with E-state index in [4.69, 9.17) is 5.11 Å². The highest BCUT2D eigenvalue weighted by Gasteiger charge is 2.11. The number of benzene rings is 2. The molecule has 2 N–H and O–H groups in total. The molecule has 0 saturated heterocycles.